The minimum absolute atomic E-state index is 0.946. The number of fused-ring (bicyclic) bond motifs is 1. The molecule has 0 unspecified atom stereocenters. The highest BCUT2D eigenvalue weighted by Gasteiger charge is 2.22. The Morgan fingerprint density at radius 2 is 2.27 bits per heavy atom. The predicted octanol–water partition coefficient (Wildman–Crippen LogP) is 3.43. The number of nitrogens with one attached hydrogen (secondary N) is 1. The van der Waals surface area contributed by atoms with Crippen molar-refractivity contribution < 1.29 is 0 Å². The first-order chi connectivity index (χ1) is 7.42. The summed E-state index contributed by atoms with van der Waals surface area (Å²) in [7, 11) is 0. The lowest BCUT2D eigenvalue weighted by molar-refractivity contribution is 1.00. The van der Waals surface area contributed by atoms with E-state index in [2.05, 4.69) is 21.8 Å². The third kappa shape index (κ3) is 2.32. The van der Waals surface area contributed by atoms with Crippen LogP contribution < -0.4 is 4.72 Å². The molecule has 1 aliphatic heterocycles. The zero-order valence-electron chi connectivity index (χ0n) is 8.27. The van der Waals surface area contributed by atoms with Gasteiger partial charge in [-0.1, -0.05) is 23.9 Å². The second kappa shape index (κ2) is 4.10. The summed E-state index contributed by atoms with van der Waals surface area (Å²) in [6.45, 7) is 0. The van der Waals surface area contributed by atoms with Crippen molar-refractivity contribution in [2.24, 2.45) is 10.9 Å². The number of nitrogens with zero attached hydrogens (tertiary/aromatic N) is 1. The van der Waals surface area contributed by atoms with Crippen molar-refractivity contribution in [2.75, 3.05) is 5.75 Å². The Hall–Kier alpha value is -0.610. The molecule has 0 amide bonds. The molecule has 1 aliphatic carbocycles. The van der Waals surface area contributed by atoms with E-state index in [9.17, 15) is 0 Å². The molecule has 0 spiro atoms. The van der Waals surface area contributed by atoms with Crippen LogP contribution in [-0.4, -0.2) is 10.9 Å². The van der Waals surface area contributed by atoms with Gasteiger partial charge in [-0.3, -0.25) is 0 Å². The molecule has 0 bridgehead atoms. The average molecular weight is 236 g/mol. The summed E-state index contributed by atoms with van der Waals surface area (Å²) in [6, 6.07) is 8.25. The summed E-state index contributed by atoms with van der Waals surface area (Å²) in [5.41, 5.74) is 1.10. The van der Waals surface area contributed by atoms with E-state index in [1.54, 1.807) is 11.9 Å². The van der Waals surface area contributed by atoms with Gasteiger partial charge in [0.05, 0.1) is 10.6 Å². The van der Waals surface area contributed by atoms with E-state index in [-0.39, 0.29) is 0 Å². The minimum atomic E-state index is 0.946. The van der Waals surface area contributed by atoms with E-state index in [1.807, 2.05) is 23.9 Å². The highest BCUT2D eigenvalue weighted by molar-refractivity contribution is 8.15. The lowest BCUT2D eigenvalue weighted by Gasteiger charge is -2.15. The molecule has 1 aromatic rings. The van der Waals surface area contributed by atoms with E-state index < -0.39 is 0 Å². The van der Waals surface area contributed by atoms with Gasteiger partial charge in [-0.05, 0) is 42.8 Å². The Balaban J connectivity index is 1.72. The molecule has 3 rings (SSSR count). The van der Waals surface area contributed by atoms with Crippen molar-refractivity contribution in [3.63, 3.8) is 0 Å². The maximum Gasteiger partial charge on any atom is 0.172 e. The molecule has 0 radical (unpaired) electrons. The second-order valence-corrected chi connectivity index (χ2v) is 5.70. The van der Waals surface area contributed by atoms with Crippen molar-refractivity contribution in [3.8, 4) is 0 Å². The van der Waals surface area contributed by atoms with Gasteiger partial charge in [0.25, 0.3) is 0 Å². The lowest BCUT2D eigenvalue weighted by atomic mass is 10.3. The van der Waals surface area contributed by atoms with Gasteiger partial charge < -0.3 is 4.72 Å². The molecule has 2 aliphatic rings. The zero-order valence-corrected chi connectivity index (χ0v) is 9.90. The van der Waals surface area contributed by atoms with Crippen molar-refractivity contribution in [1.29, 1.82) is 0 Å². The highest BCUT2D eigenvalue weighted by Crippen LogP contribution is 2.36. The quantitative estimate of drug-likeness (QED) is 0.796. The first kappa shape index (κ1) is 9.60. The number of benzene rings is 1. The normalized spacial score (nSPS) is 19.1. The minimum Gasteiger partial charge on any atom is -0.305 e. The molecule has 1 N–H and O–H groups in total. The third-order valence-electron chi connectivity index (χ3n) is 2.49. The lowest BCUT2D eigenvalue weighted by Crippen LogP contribution is -2.15. The molecular formula is C11H12N2S2. The van der Waals surface area contributed by atoms with Crippen LogP contribution in [0.3, 0.4) is 0 Å². The van der Waals surface area contributed by atoms with Crippen LogP contribution in [-0.2, 0) is 0 Å². The number of hydrogen-bond donors (Lipinski definition) is 1. The van der Waals surface area contributed by atoms with Crippen molar-refractivity contribution in [2.45, 2.75) is 17.7 Å². The molecule has 78 valence electrons. The summed E-state index contributed by atoms with van der Waals surface area (Å²) in [6.07, 6.45) is 2.81. The van der Waals surface area contributed by atoms with E-state index in [0.29, 0.717) is 0 Å². The zero-order chi connectivity index (χ0) is 10.1. The van der Waals surface area contributed by atoms with Crippen LogP contribution in [0.1, 0.15) is 12.8 Å². The van der Waals surface area contributed by atoms with E-state index in [4.69, 9.17) is 0 Å². The fourth-order valence-corrected chi connectivity index (χ4v) is 3.27. The molecule has 0 saturated heterocycles. The molecule has 1 fully saturated rings. The Morgan fingerprint density at radius 3 is 3.13 bits per heavy atom. The Labute approximate surface area is 98.1 Å². The average Bonchev–Trinajstić information content (AvgIpc) is 3.10. The number of para-hydroxylation sites is 1. The van der Waals surface area contributed by atoms with Gasteiger partial charge in [-0.2, -0.15) is 0 Å². The Kier molecular flexibility index (Phi) is 2.63. The summed E-state index contributed by atoms with van der Waals surface area (Å²) in [5.74, 6) is 2.16. The van der Waals surface area contributed by atoms with Crippen LogP contribution in [0, 0.1) is 5.92 Å². The number of aliphatic imine (C=N–C) groups is 1. The second-order valence-electron chi connectivity index (χ2n) is 3.84. The molecule has 4 heteroatoms. The van der Waals surface area contributed by atoms with Crippen LogP contribution >= 0.6 is 23.7 Å². The first-order valence-corrected chi connectivity index (χ1v) is 6.95. The van der Waals surface area contributed by atoms with Gasteiger partial charge >= 0.3 is 0 Å². The standard InChI is InChI=1S/C11H12N2S2/c1-2-4-10-9(3-1)12-11(13-15-10)14-7-8-5-6-8/h1-4,8H,5-7H2,(H,12,13). The topological polar surface area (TPSA) is 24.4 Å². The molecule has 0 aromatic heterocycles. The Bertz CT molecular complexity index is 399. The Morgan fingerprint density at radius 1 is 1.40 bits per heavy atom. The molecular weight excluding hydrogens is 224 g/mol. The first-order valence-electron chi connectivity index (χ1n) is 5.15. The van der Waals surface area contributed by atoms with Gasteiger partial charge in [0, 0.05) is 5.75 Å². The fourth-order valence-electron chi connectivity index (χ4n) is 1.41. The van der Waals surface area contributed by atoms with Gasteiger partial charge in [0.1, 0.15) is 0 Å². The van der Waals surface area contributed by atoms with E-state index in [1.165, 1.54) is 23.5 Å². The van der Waals surface area contributed by atoms with Crippen LogP contribution in [0.15, 0.2) is 34.2 Å². The van der Waals surface area contributed by atoms with Crippen molar-refractivity contribution in [1.82, 2.24) is 4.72 Å². The maximum absolute atomic E-state index is 4.59. The molecule has 15 heavy (non-hydrogen) atoms. The largest absolute Gasteiger partial charge is 0.305 e. The number of thioether (sulfide) groups is 1. The summed E-state index contributed by atoms with van der Waals surface area (Å²) >= 11 is 3.52. The van der Waals surface area contributed by atoms with Crippen LogP contribution in [0.4, 0.5) is 5.69 Å². The van der Waals surface area contributed by atoms with Gasteiger partial charge in [-0.15, -0.1) is 0 Å². The number of amidine groups is 1. The van der Waals surface area contributed by atoms with Crippen LogP contribution in [0.2, 0.25) is 0 Å². The van der Waals surface area contributed by atoms with Gasteiger partial charge in [-0.25, -0.2) is 4.99 Å². The number of rotatable bonds is 2. The van der Waals surface area contributed by atoms with E-state index >= 15 is 0 Å². The summed E-state index contributed by atoms with van der Waals surface area (Å²) < 4.78 is 3.29. The third-order valence-corrected chi connectivity index (χ3v) is 4.58. The van der Waals surface area contributed by atoms with Gasteiger partial charge in [0.15, 0.2) is 5.17 Å². The summed E-state index contributed by atoms with van der Waals surface area (Å²) in [5, 5.41) is 1.06. The smallest absolute Gasteiger partial charge is 0.172 e. The number of hydrogen-bond acceptors (Lipinski definition) is 4. The molecule has 2 nitrogen and oxygen atoms in total. The monoisotopic (exact) mass is 236 g/mol. The van der Waals surface area contributed by atoms with Crippen LogP contribution in [0.5, 0.6) is 0 Å². The highest BCUT2D eigenvalue weighted by atomic mass is 32.2. The molecule has 1 saturated carbocycles. The fraction of sp³-hybridized carbons (Fsp3) is 0.364. The predicted molar refractivity (Wildman–Crippen MR) is 67.7 cm³/mol. The van der Waals surface area contributed by atoms with Crippen molar-refractivity contribution >= 4 is 34.6 Å². The maximum atomic E-state index is 4.59. The molecule has 1 heterocycles. The SMILES string of the molecule is c1ccc2c(c1)N=C(SCC1CC1)NS2. The molecule has 1 aromatic carbocycles. The summed E-state index contributed by atoms with van der Waals surface area (Å²) in [4.78, 5) is 5.81. The molecule has 0 atom stereocenters. The van der Waals surface area contributed by atoms with Crippen LogP contribution in [0.25, 0.3) is 0 Å². The van der Waals surface area contributed by atoms with E-state index in [0.717, 1.165) is 16.8 Å². The van der Waals surface area contributed by atoms with Gasteiger partial charge in [0.2, 0.25) is 0 Å². The van der Waals surface area contributed by atoms with Crippen molar-refractivity contribution in [3.05, 3.63) is 24.3 Å².